The van der Waals surface area contributed by atoms with Crippen LogP contribution in [-0.2, 0) is 78.7 Å². The minimum absolute atomic E-state index is 0. The summed E-state index contributed by atoms with van der Waals surface area (Å²) in [6.45, 7) is 83.2. The zero-order valence-corrected chi connectivity index (χ0v) is 76.3. The van der Waals surface area contributed by atoms with Crippen LogP contribution >= 0.6 is 23.5 Å². The molecule has 0 fully saturated rings. The van der Waals surface area contributed by atoms with E-state index in [0.29, 0.717) is 34.5 Å². The first-order chi connectivity index (χ1) is 46.6. The molecule has 0 aliphatic carbocycles. The van der Waals surface area contributed by atoms with Crippen LogP contribution in [0.25, 0.3) is 0 Å². The summed E-state index contributed by atoms with van der Waals surface area (Å²) in [7, 11) is -14.1. The van der Waals surface area contributed by atoms with Crippen LogP contribution in [0.3, 0.4) is 0 Å². The van der Waals surface area contributed by atoms with Crippen LogP contribution in [0.2, 0.25) is 0 Å². The molecular formula is C90H132AlO12P3. The van der Waals surface area contributed by atoms with Gasteiger partial charge < -0.3 is 41.8 Å². The van der Waals surface area contributed by atoms with Gasteiger partial charge in [0.1, 0.15) is 34.5 Å². The average Bonchev–Trinajstić information content (AvgIpc) is 0.745. The Bertz CT molecular complexity index is 3730. The fraction of sp³-hybridized carbons (Fsp3) is 0.600. The van der Waals surface area contributed by atoms with Crippen LogP contribution in [0, 0.1) is 0 Å². The van der Waals surface area contributed by atoms with Crippen LogP contribution in [0.4, 0.5) is 0 Å². The van der Waals surface area contributed by atoms with E-state index in [4.69, 9.17) is 27.1 Å². The number of phosphoric acid groups is 3. The molecule has 0 aromatic heterocycles. The van der Waals surface area contributed by atoms with Crippen LogP contribution in [-0.4, -0.2) is 17.4 Å². The topological polar surface area (TPSA) is 176 Å². The van der Waals surface area contributed by atoms with Crippen molar-refractivity contribution >= 4 is 40.8 Å². The summed E-state index contributed by atoms with van der Waals surface area (Å²) in [6, 6.07) is 25.4. The summed E-state index contributed by atoms with van der Waals surface area (Å²) in [5.41, 5.74) is 14.9. The summed E-state index contributed by atoms with van der Waals surface area (Å²) in [6.07, 6.45) is 0. The molecule has 16 heteroatoms. The van der Waals surface area contributed by atoms with E-state index in [-0.39, 0.29) is 100 Å². The molecule has 6 aromatic carbocycles. The molecule has 0 saturated carbocycles. The van der Waals surface area contributed by atoms with Crippen molar-refractivity contribution in [3.8, 4) is 34.5 Å². The Morgan fingerprint density at radius 1 is 0.217 bits per heavy atom. The zero-order chi connectivity index (χ0) is 80.8. The molecule has 9 rings (SSSR count). The third-order valence-electron chi connectivity index (χ3n) is 20.8. The molecule has 106 heavy (non-hydrogen) atoms. The number of phosphoric ester groups is 3. The fourth-order valence-corrected chi connectivity index (χ4v) is 16.3. The molecule has 0 amide bonds. The van der Waals surface area contributed by atoms with Gasteiger partial charge in [-0.05, 0) is 98.4 Å². The average molecular weight is 1530 g/mol. The predicted octanol–water partition coefficient (Wildman–Crippen LogP) is 24.4. The summed E-state index contributed by atoms with van der Waals surface area (Å²) in [4.78, 5) is 40.1. The van der Waals surface area contributed by atoms with E-state index in [2.05, 4.69) is 343 Å². The Morgan fingerprint density at radius 3 is 0.406 bits per heavy atom. The predicted molar refractivity (Wildman–Crippen MR) is 438 cm³/mol. The van der Waals surface area contributed by atoms with E-state index in [1.807, 2.05) is 0 Å². The van der Waals surface area contributed by atoms with E-state index in [9.17, 15) is 28.4 Å². The van der Waals surface area contributed by atoms with E-state index in [1.165, 1.54) is 0 Å². The third kappa shape index (κ3) is 20.3. The molecule has 0 atom stereocenters. The van der Waals surface area contributed by atoms with Crippen molar-refractivity contribution in [2.75, 3.05) is 0 Å². The van der Waals surface area contributed by atoms with Crippen molar-refractivity contribution in [2.45, 2.75) is 353 Å². The van der Waals surface area contributed by atoms with Gasteiger partial charge in [-0.1, -0.05) is 343 Å². The molecule has 0 bridgehead atoms. The van der Waals surface area contributed by atoms with E-state index in [0.717, 1.165) is 100 Å². The third-order valence-corrected chi connectivity index (χ3v) is 23.2. The second-order valence-electron chi connectivity index (χ2n) is 42.7. The maximum atomic E-state index is 13.4. The van der Waals surface area contributed by atoms with Crippen molar-refractivity contribution < 1.29 is 55.5 Å². The van der Waals surface area contributed by atoms with Gasteiger partial charge >= 0.3 is 40.8 Å². The van der Waals surface area contributed by atoms with Crippen molar-refractivity contribution in [1.82, 2.24) is 0 Å². The van der Waals surface area contributed by atoms with Gasteiger partial charge in [-0.25, -0.2) is 13.7 Å². The fourth-order valence-electron chi connectivity index (χ4n) is 13.6. The SMILES string of the molecule is CC1c2cc(C(C)(C)C)cc(C(C)(C)C)c2OP(=O)([O-])Oc2c1cc(C(C)(C)C)cc2C(C)(C)C.CC1c2cc(C(C)(C)C)cc(C(C)(C)C)c2OP(=O)([O-])Oc2c1cc(C(C)(C)C)cc2C(C)(C)C.CC1c2cc(C(C)(C)C)cc(C(C)(C)C)c2OP(=O)([O-])Oc2c1cc(C(C)(C)C)cc2C(C)(C)C.[Al+3]. The molecule has 3 aliphatic heterocycles. The van der Waals surface area contributed by atoms with Crippen LogP contribution in [0.5, 0.6) is 34.5 Å². The number of fused-ring (bicyclic) bond motifs is 6. The van der Waals surface area contributed by atoms with E-state index < -0.39 is 23.5 Å². The van der Waals surface area contributed by atoms with Gasteiger partial charge in [0, 0.05) is 84.5 Å². The smallest absolute Gasteiger partial charge is 0.736 e. The number of rotatable bonds is 0. The number of benzene rings is 6. The second-order valence-corrected chi connectivity index (χ2v) is 46.5. The molecule has 3 aliphatic rings. The Kier molecular flexibility index (Phi) is 24.7. The quantitative estimate of drug-likeness (QED) is 0.104. The van der Waals surface area contributed by atoms with Crippen molar-refractivity contribution in [3.05, 3.63) is 173 Å². The number of hydrogen-bond donors (Lipinski definition) is 0. The van der Waals surface area contributed by atoms with Crippen molar-refractivity contribution in [1.29, 1.82) is 0 Å². The normalized spacial score (nSPS) is 21.1. The minimum Gasteiger partial charge on any atom is -0.736 e. The van der Waals surface area contributed by atoms with Gasteiger partial charge in [-0.15, -0.1) is 0 Å². The van der Waals surface area contributed by atoms with E-state index >= 15 is 0 Å². The molecule has 0 spiro atoms. The minimum atomic E-state index is -4.70. The first-order valence-corrected chi connectivity index (χ1v) is 42.2. The molecule has 6 aromatic rings. The first-order valence-electron chi connectivity index (χ1n) is 37.8. The number of hydrogen-bond acceptors (Lipinski definition) is 12. The van der Waals surface area contributed by atoms with Crippen LogP contribution < -0.4 is 41.8 Å². The Morgan fingerprint density at radius 2 is 0.321 bits per heavy atom. The van der Waals surface area contributed by atoms with Gasteiger partial charge in [-0.3, -0.25) is 0 Å². The van der Waals surface area contributed by atoms with Gasteiger partial charge in [0.2, 0.25) is 0 Å². The maximum Gasteiger partial charge on any atom is 3.00 e. The molecule has 0 radical (unpaired) electrons. The maximum absolute atomic E-state index is 13.4. The van der Waals surface area contributed by atoms with Gasteiger partial charge in [0.15, 0.2) is 0 Å². The molecule has 0 N–H and O–H groups in total. The van der Waals surface area contributed by atoms with Gasteiger partial charge in [0.05, 0.1) is 0 Å². The zero-order valence-electron chi connectivity index (χ0n) is 72.5. The first kappa shape index (κ1) is 90.1. The molecule has 3 heterocycles. The van der Waals surface area contributed by atoms with E-state index in [1.54, 1.807) is 0 Å². The monoisotopic (exact) mass is 1520 g/mol. The van der Waals surface area contributed by atoms with Crippen molar-refractivity contribution in [3.63, 3.8) is 0 Å². The Balaban J connectivity index is 0.000000248. The van der Waals surface area contributed by atoms with Crippen LogP contribution in [0.15, 0.2) is 72.8 Å². The molecular weight excluding hydrogens is 1390 g/mol. The largest absolute Gasteiger partial charge is 3.00 e. The molecule has 12 nitrogen and oxygen atoms in total. The standard InChI is InChI=1S/3C30H45O4P.Al/c3*1-18-21-14-19(27(2,3)4)16-23(29(8,9)10)25(21)33-35(31,32)34-26-22(18)15-20(28(5,6)7)17-24(26)30(11,12)13;/h3*14-18H,1-13H3,(H,31,32);/q;;;+3/p-3. The second kappa shape index (κ2) is 29.1. The summed E-state index contributed by atoms with van der Waals surface area (Å²) >= 11 is 0. The van der Waals surface area contributed by atoms with Crippen molar-refractivity contribution in [2.24, 2.45) is 0 Å². The molecule has 582 valence electrons. The molecule has 0 unspecified atom stereocenters. The Hall–Kier alpha value is -4.78. The molecule has 0 saturated heterocycles. The van der Waals surface area contributed by atoms with Gasteiger partial charge in [0.25, 0.3) is 0 Å². The summed E-state index contributed by atoms with van der Waals surface area (Å²) in [5, 5.41) is 0. The van der Waals surface area contributed by atoms with Gasteiger partial charge in [-0.2, -0.15) is 0 Å². The Labute approximate surface area is 652 Å². The summed E-state index contributed by atoms with van der Waals surface area (Å²) in [5.74, 6) is 2.02. The summed E-state index contributed by atoms with van der Waals surface area (Å²) < 4.78 is 75.0. The van der Waals surface area contributed by atoms with Crippen LogP contribution in [0.1, 0.15) is 388 Å².